The molecule has 180 valence electrons. The Balaban J connectivity index is 0.00000385. The van der Waals surface area contributed by atoms with Gasteiger partial charge in [0, 0.05) is 18.3 Å². The first-order chi connectivity index (χ1) is 14.9. The Morgan fingerprint density at radius 2 is 1.70 bits per heavy atom. The molecule has 0 amide bonds. The van der Waals surface area contributed by atoms with Crippen molar-refractivity contribution in [2.75, 3.05) is 14.2 Å². The second-order valence-corrected chi connectivity index (χ2v) is 8.43. The molecule has 2 aromatic carbocycles. The molecule has 1 N–H and O–H groups in total. The van der Waals surface area contributed by atoms with E-state index in [0.717, 1.165) is 25.4 Å². The van der Waals surface area contributed by atoms with Crippen LogP contribution in [0, 0.1) is 17.5 Å². The lowest BCUT2D eigenvalue weighted by atomic mass is 10.1. The number of alkyl halides is 3. The third-order valence-corrected chi connectivity index (χ3v) is 6.23. The average Bonchev–Trinajstić information content (AvgIpc) is 3.09. The summed E-state index contributed by atoms with van der Waals surface area (Å²) in [7, 11) is -2.22. The Hall–Kier alpha value is -2.70. The second kappa shape index (κ2) is 9.65. The summed E-state index contributed by atoms with van der Waals surface area (Å²) in [4.78, 5) is -0.792. The number of ether oxygens (including phenoxy) is 1. The Kier molecular flexibility index (Phi) is 7.77. The van der Waals surface area contributed by atoms with Gasteiger partial charge in [-0.1, -0.05) is 6.07 Å². The van der Waals surface area contributed by atoms with Gasteiger partial charge in [-0.05, 0) is 37.4 Å². The van der Waals surface area contributed by atoms with Crippen molar-refractivity contribution in [1.29, 1.82) is 0 Å². The predicted molar refractivity (Wildman–Crippen MR) is 110 cm³/mol. The Bertz CT molecular complexity index is 1280. The number of halogens is 7. The zero-order valence-electron chi connectivity index (χ0n) is 17.0. The van der Waals surface area contributed by atoms with E-state index in [2.05, 4.69) is 5.32 Å². The number of nitrogens with one attached hydrogen (secondary N) is 1. The van der Waals surface area contributed by atoms with Gasteiger partial charge in [-0.3, -0.25) is 0 Å². The van der Waals surface area contributed by atoms with Gasteiger partial charge in [-0.2, -0.15) is 13.2 Å². The molecule has 0 bridgehead atoms. The van der Waals surface area contributed by atoms with E-state index in [9.17, 15) is 34.8 Å². The highest BCUT2D eigenvalue weighted by molar-refractivity contribution is 7.90. The topological polar surface area (TPSA) is 60.3 Å². The summed E-state index contributed by atoms with van der Waals surface area (Å²) < 4.78 is 115. The number of benzene rings is 2. The molecule has 3 rings (SSSR count). The number of hydrogen-bond donors (Lipinski definition) is 1. The van der Waals surface area contributed by atoms with Gasteiger partial charge in [0.25, 0.3) is 10.0 Å². The summed E-state index contributed by atoms with van der Waals surface area (Å²) in [5, 5.41) is 2.71. The second-order valence-electron chi connectivity index (χ2n) is 6.61. The molecule has 3 aromatic rings. The molecule has 33 heavy (non-hydrogen) atoms. The summed E-state index contributed by atoms with van der Waals surface area (Å²) in [6.45, 7) is -0.0279. The minimum Gasteiger partial charge on any atom is -0.494 e. The van der Waals surface area contributed by atoms with Crippen molar-refractivity contribution < 1.29 is 39.5 Å². The summed E-state index contributed by atoms with van der Waals surface area (Å²) in [5.41, 5.74) is -2.87. The quantitative estimate of drug-likeness (QED) is 0.372. The lowest BCUT2D eigenvalue weighted by Crippen LogP contribution is -2.16. The van der Waals surface area contributed by atoms with Crippen LogP contribution in [-0.2, 0) is 22.7 Å². The molecule has 13 heteroatoms. The molecule has 0 radical (unpaired) electrons. The smallest absolute Gasteiger partial charge is 0.416 e. The summed E-state index contributed by atoms with van der Waals surface area (Å²) in [5.74, 6) is -4.73. The molecular weight excluding hydrogens is 498 g/mol. The number of nitrogens with zero attached hydrogens (tertiary/aromatic N) is 1. The fourth-order valence-corrected chi connectivity index (χ4v) is 4.60. The molecule has 0 unspecified atom stereocenters. The van der Waals surface area contributed by atoms with Gasteiger partial charge in [-0.25, -0.2) is 25.6 Å². The highest BCUT2D eigenvalue weighted by Crippen LogP contribution is 2.41. The predicted octanol–water partition coefficient (Wildman–Crippen LogP) is 4.98. The molecular formula is C20H17ClF6N2O3S. The Morgan fingerprint density at radius 3 is 2.27 bits per heavy atom. The maximum absolute atomic E-state index is 14.6. The SMILES string of the molecule is CNCc1cn(S(=O)(=O)c2cccc(C(F)(F)F)c2)c(-c2c(F)ccc(F)c2F)c1OC.Cl. The first kappa shape index (κ1) is 26.6. The van der Waals surface area contributed by atoms with Crippen LogP contribution in [0.4, 0.5) is 26.3 Å². The molecule has 0 atom stereocenters. The highest BCUT2D eigenvalue weighted by Gasteiger charge is 2.34. The number of hydrogen-bond acceptors (Lipinski definition) is 4. The fraction of sp³-hybridized carbons (Fsp3) is 0.200. The molecule has 0 aliphatic carbocycles. The van der Waals surface area contributed by atoms with Crippen LogP contribution in [-0.4, -0.2) is 26.5 Å². The van der Waals surface area contributed by atoms with Gasteiger partial charge in [0.2, 0.25) is 0 Å². The zero-order valence-corrected chi connectivity index (χ0v) is 18.6. The van der Waals surface area contributed by atoms with E-state index in [-0.39, 0.29) is 30.3 Å². The Labute approximate surface area is 191 Å². The highest BCUT2D eigenvalue weighted by atomic mass is 35.5. The number of methoxy groups -OCH3 is 1. The van der Waals surface area contributed by atoms with Crippen molar-refractivity contribution >= 4 is 22.4 Å². The zero-order chi connectivity index (χ0) is 23.8. The van der Waals surface area contributed by atoms with Crippen LogP contribution in [0.1, 0.15) is 11.1 Å². The van der Waals surface area contributed by atoms with Gasteiger partial charge in [-0.15, -0.1) is 12.4 Å². The Morgan fingerprint density at radius 1 is 1.06 bits per heavy atom. The maximum Gasteiger partial charge on any atom is 0.416 e. The van der Waals surface area contributed by atoms with Gasteiger partial charge in [0.1, 0.15) is 17.3 Å². The van der Waals surface area contributed by atoms with Gasteiger partial charge in [0.05, 0.1) is 23.1 Å². The van der Waals surface area contributed by atoms with E-state index in [0.29, 0.717) is 28.2 Å². The van der Waals surface area contributed by atoms with Crippen LogP contribution in [0.2, 0.25) is 0 Å². The van der Waals surface area contributed by atoms with Crippen molar-refractivity contribution in [3.8, 4) is 17.0 Å². The lowest BCUT2D eigenvalue weighted by molar-refractivity contribution is -0.137. The van der Waals surface area contributed by atoms with Crippen molar-refractivity contribution in [3.63, 3.8) is 0 Å². The molecule has 0 saturated heterocycles. The van der Waals surface area contributed by atoms with E-state index in [1.54, 1.807) is 0 Å². The van der Waals surface area contributed by atoms with E-state index in [1.807, 2.05) is 0 Å². The van der Waals surface area contributed by atoms with E-state index in [1.165, 1.54) is 7.05 Å². The summed E-state index contributed by atoms with van der Waals surface area (Å²) in [6, 6.07) is 3.96. The van der Waals surface area contributed by atoms with Crippen LogP contribution in [0.25, 0.3) is 11.3 Å². The first-order valence-electron chi connectivity index (χ1n) is 8.93. The van der Waals surface area contributed by atoms with Gasteiger partial charge >= 0.3 is 6.18 Å². The van der Waals surface area contributed by atoms with Gasteiger partial charge < -0.3 is 10.1 Å². The molecule has 1 heterocycles. The van der Waals surface area contributed by atoms with E-state index < -0.39 is 55.4 Å². The molecule has 1 aromatic heterocycles. The van der Waals surface area contributed by atoms with Crippen LogP contribution in [0.15, 0.2) is 47.5 Å². The minimum atomic E-state index is -4.83. The number of aromatic nitrogens is 1. The van der Waals surface area contributed by atoms with Crippen LogP contribution in [0.5, 0.6) is 5.75 Å². The molecule has 0 saturated carbocycles. The summed E-state index contributed by atoms with van der Waals surface area (Å²) in [6.07, 6.45) is -3.88. The van der Waals surface area contributed by atoms with Gasteiger partial charge in [0.15, 0.2) is 11.6 Å². The standard InChI is InChI=1S/C20H16F6N2O3S.ClH/c1-27-9-11-10-28(32(29,30)13-5-3-4-12(8-13)20(24,25)26)18(19(11)31-2)16-14(21)6-7-15(22)17(16)23;/h3-8,10,27H,9H2,1-2H3;1H. The summed E-state index contributed by atoms with van der Waals surface area (Å²) >= 11 is 0. The lowest BCUT2D eigenvalue weighted by Gasteiger charge is -2.15. The van der Waals surface area contributed by atoms with Crippen LogP contribution >= 0.6 is 12.4 Å². The first-order valence-corrected chi connectivity index (χ1v) is 10.4. The molecule has 5 nitrogen and oxygen atoms in total. The third-order valence-electron chi connectivity index (χ3n) is 4.57. The maximum atomic E-state index is 14.6. The van der Waals surface area contributed by atoms with Crippen molar-refractivity contribution in [3.05, 3.63) is 71.2 Å². The van der Waals surface area contributed by atoms with Crippen molar-refractivity contribution in [1.82, 2.24) is 9.29 Å². The minimum absolute atomic E-state index is 0. The van der Waals surface area contributed by atoms with Crippen molar-refractivity contribution in [2.24, 2.45) is 0 Å². The molecule has 0 aliphatic heterocycles. The average molecular weight is 515 g/mol. The fourth-order valence-electron chi connectivity index (χ4n) is 3.16. The molecule has 0 aliphatic rings. The van der Waals surface area contributed by atoms with Crippen molar-refractivity contribution in [2.45, 2.75) is 17.6 Å². The van der Waals surface area contributed by atoms with E-state index in [4.69, 9.17) is 4.74 Å². The van der Waals surface area contributed by atoms with E-state index >= 15 is 0 Å². The number of rotatable bonds is 6. The third kappa shape index (κ3) is 4.82. The molecule has 0 spiro atoms. The van der Waals surface area contributed by atoms with Crippen LogP contribution < -0.4 is 10.1 Å². The normalized spacial score (nSPS) is 11.9. The van der Waals surface area contributed by atoms with Crippen LogP contribution in [0.3, 0.4) is 0 Å². The molecule has 0 fully saturated rings. The monoisotopic (exact) mass is 514 g/mol. The largest absolute Gasteiger partial charge is 0.494 e.